The van der Waals surface area contributed by atoms with Crippen LogP contribution in [0.15, 0.2) is 34.5 Å². The number of aliphatic imine (C=N–C) groups is 1. The van der Waals surface area contributed by atoms with Crippen molar-refractivity contribution in [2.75, 3.05) is 60.0 Å². The largest absolute Gasteiger partial charge is 0.511 e. The summed E-state index contributed by atoms with van der Waals surface area (Å²) in [6, 6.07) is 5.61. The molecule has 1 aliphatic heterocycles. The van der Waals surface area contributed by atoms with Gasteiger partial charge in [-0.1, -0.05) is 6.07 Å². The number of carbonyl (C=O) groups is 1. The Morgan fingerprint density at radius 1 is 1.21 bits per heavy atom. The van der Waals surface area contributed by atoms with Crippen molar-refractivity contribution in [3.8, 4) is 11.5 Å². The lowest BCUT2D eigenvalue weighted by molar-refractivity contribution is -0.116. The molecule has 8 nitrogen and oxygen atoms in total. The summed E-state index contributed by atoms with van der Waals surface area (Å²) in [7, 11) is 3.17. The molecule has 0 radical (unpaired) electrons. The van der Waals surface area contributed by atoms with E-state index in [1.807, 2.05) is 25.1 Å². The van der Waals surface area contributed by atoms with Gasteiger partial charge in [0.2, 0.25) is 0 Å². The van der Waals surface area contributed by atoms with Gasteiger partial charge in [0.1, 0.15) is 5.76 Å². The van der Waals surface area contributed by atoms with Crippen molar-refractivity contribution < 1.29 is 19.4 Å². The molecule has 1 aromatic rings. The fourth-order valence-electron chi connectivity index (χ4n) is 4.19. The molecule has 0 bridgehead atoms. The van der Waals surface area contributed by atoms with Gasteiger partial charge in [0.05, 0.1) is 26.3 Å². The molecule has 0 amide bonds. The monoisotopic (exact) mass is 474 g/mol. The van der Waals surface area contributed by atoms with Crippen molar-refractivity contribution in [1.82, 2.24) is 15.1 Å². The number of hydrogen-bond donors (Lipinski definition) is 2. The molecule has 0 spiro atoms. The van der Waals surface area contributed by atoms with E-state index < -0.39 is 0 Å². The molecule has 1 unspecified atom stereocenters. The Hall–Kier alpha value is -2.65. The number of rotatable bonds is 8. The fraction of sp³-hybridized carbons (Fsp3) is 0.542. The topological polar surface area (TPSA) is 86.6 Å². The van der Waals surface area contributed by atoms with Gasteiger partial charge in [-0.05, 0) is 42.8 Å². The molecule has 9 heteroatoms. The standard InChI is InChI=1S/C24H34N4O4S/c1-4-26-24(33)28-11-9-27(10-12-28)8-7-25-16-19-20(29)13-18(14-21(19)30)17-5-6-22(31-2)23(15-17)32-3/h5-6,15-16,18,29H,4,7-14H2,1-3H3,(H,26,33). The minimum Gasteiger partial charge on any atom is -0.511 e. The maximum atomic E-state index is 12.7. The summed E-state index contributed by atoms with van der Waals surface area (Å²) in [4.78, 5) is 21.7. The Morgan fingerprint density at radius 2 is 1.94 bits per heavy atom. The lowest BCUT2D eigenvalue weighted by Crippen LogP contribution is -2.52. The van der Waals surface area contributed by atoms with E-state index in [2.05, 4.69) is 20.1 Å². The number of piperazine rings is 1. The van der Waals surface area contributed by atoms with Crippen LogP contribution in [0.25, 0.3) is 0 Å². The van der Waals surface area contributed by atoms with Crippen LogP contribution in [0.2, 0.25) is 0 Å². The molecule has 33 heavy (non-hydrogen) atoms. The molecule has 3 rings (SSSR count). The Labute approximate surface area is 201 Å². The molecule has 1 heterocycles. The predicted molar refractivity (Wildman–Crippen MR) is 134 cm³/mol. The summed E-state index contributed by atoms with van der Waals surface area (Å²) >= 11 is 5.38. The summed E-state index contributed by atoms with van der Waals surface area (Å²) in [5.74, 6) is 1.16. The van der Waals surface area contributed by atoms with E-state index >= 15 is 0 Å². The van der Waals surface area contributed by atoms with E-state index in [1.54, 1.807) is 20.4 Å². The Kier molecular flexibility index (Phi) is 9.08. The van der Waals surface area contributed by atoms with Crippen molar-refractivity contribution in [1.29, 1.82) is 0 Å². The average molecular weight is 475 g/mol. The van der Waals surface area contributed by atoms with Gasteiger partial charge >= 0.3 is 0 Å². The quantitative estimate of drug-likeness (QED) is 0.439. The van der Waals surface area contributed by atoms with Crippen molar-refractivity contribution in [3.63, 3.8) is 0 Å². The molecule has 180 valence electrons. The second-order valence-corrected chi connectivity index (χ2v) is 8.59. The highest BCUT2D eigenvalue weighted by atomic mass is 32.1. The second kappa shape index (κ2) is 12.0. The van der Waals surface area contributed by atoms with E-state index in [0.717, 1.165) is 49.9 Å². The number of nitrogens with one attached hydrogen (secondary N) is 1. The van der Waals surface area contributed by atoms with Crippen LogP contribution < -0.4 is 14.8 Å². The van der Waals surface area contributed by atoms with E-state index in [-0.39, 0.29) is 17.5 Å². The normalized spacial score (nSPS) is 19.8. The number of allylic oxidation sites excluding steroid dienone is 2. The highest BCUT2D eigenvalue weighted by molar-refractivity contribution is 7.80. The SMILES string of the molecule is CCNC(=S)N1CCN(CCN=CC2=C(O)CC(c3ccc(OC)c(OC)c3)CC2=O)CC1. The molecule has 2 aliphatic rings. The second-order valence-electron chi connectivity index (χ2n) is 8.20. The van der Waals surface area contributed by atoms with Crippen LogP contribution in [0.3, 0.4) is 0 Å². The average Bonchev–Trinajstić information content (AvgIpc) is 2.83. The van der Waals surface area contributed by atoms with Crippen LogP contribution in [0.5, 0.6) is 11.5 Å². The third kappa shape index (κ3) is 6.45. The van der Waals surface area contributed by atoms with Gasteiger partial charge in [-0.15, -0.1) is 0 Å². The fourth-order valence-corrected chi connectivity index (χ4v) is 4.52. The predicted octanol–water partition coefficient (Wildman–Crippen LogP) is 2.55. The first-order valence-corrected chi connectivity index (χ1v) is 11.8. The number of nitrogens with zero attached hydrogens (tertiary/aromatic N) is 3. The summed E-state index contributed by atoms with van der Waals surface area (Å²) in [6.45, 7) is 7.94. The lowest BCUT2D eigenvalue weighted by Gasteiger charge is -2.35. The third-order valence-corrected chi connectivity index (χ3v) is 6.52. The molecule has 1 aromatic carbocycles. The van der Waals surface area contributed by atoms with E-state index in [0.29, 0.717) is 36.5 Å². The molecule has 0 saturated carbocycles. The lowest BCUT2D eigenvalue weighted by atomic mass is 9.83. The van der Waals surface area contributed by atoms with E-state index in [9.17, 15) is 9.90 Å². The number of hydrogen-bond acceptors (Lipinski definition) is 7. The number of aliphatic hydroxyl groups is 1. The first-order chi connectivity index (χ1) is 16.0. The van der Waals surface area contributed by atoms with Gasteiger partial charge in [-0.3, -0.25) is 14.7 Å². The number of benzene rings is 1. The van der Waals surface area contributed by atoms with Crippen LogP contribution in [0.1, 0.15) is 31.2 Å². The van der Waals surface area contributed by atoms with Gasteiger partial charge in [0.25, 0.3) is 0 Å². The highest BCUT2D eigenvalue weighted by Gasteiger charge is 2.28. The summed E-state index contributed by atoms with van der Waals surface area (Å²) < 4.78 is 10.6. The van der Waals surface area contributed by atoms with Crippen molar-refractivity contribution >= 4 is 29.3 Å². The molecule has 1 aliphatic carbocycles. The number of methoxy groups -OCH3 is 2. The minimum absolute atomic E-state index is 0.0900. The van der Waals surface area contributed by atoms with E-state index in [4.69, 9.17) is 21.7 Å². The zero-order valence-corrected chi connectivity index (χ0v) is 20.5. The summed E-state index contributed by atoms with van der Waals surface area (Å²) in [5.41, 5.74) is 1.27. The third-order valence-electron chi connectivity index (χ3n) is 6.12. The van der Waals surface area contributed by atoms with Crippen molar-refractivity contribution in [2.24, 2.45) is 4.99 Å². The Morgan fingerprint density at radius 3 is 2.58 bits per heavy atom. The van der Waals surface area contributed by atoms with Gasteiger partial charge < -0.3 is 24.8 Å². The number of carbonyl (C=O) groups excluding carboxylic acids is 1. The number of ether oxygens (including phenoxy) is 2. The molecular formula is C24H34N4O4S. The van der Waals surface area contributed by atoms with Crippen LogP contribution >= 0.6 is 12.2 Å². The van der Waals surface area contributed by atoms with Crippen molar-refractivity contribution in [2.45, 2.75) is 25.7 Å². The van der Waals surface area contributed by atoms with E-state index in [1.165, 1.54) is 0 Å². The smallest absolute Gasteiger partial charge is 0.169 e. The molecule has 1 saturated heterocycles. The Balaban J connectivity index is 1.52. The van der Waals surface area contributed by atoms with Crippen LogP contribution in [0.4, 0.5) is 0 Å². The maximum absolute atomic E-state index is 12.7. The van der Waals surface area contributed by atoms with Gasteiger partial charge in [-0.2, -0.15) is 0 Å². The number of aliphatic hydroxyl groups excluding tert-OH is 1. The van der Waals surface area contributed by atoms with Gasteiger partial charge in [0, 0.05) is 58.3 Å². The van der Waals surface area contributed by atoms with Gasteiger partial charge in [-0.25, -0.2) is 0 Å². The van der Waals surface area contributed by atoms with Gasteiger partial charge in [0.15, 0.2) is 22.4 Å². The van der Waals surface area contributed by atoms with Crippen LogP contribution in [0, 0.1) is 0 Å². The zero-order valence-electron chi connectivity index (χ0n) is 19.7. The summed E-state index contributed by atoms with van der Waals surface area (Å²) in [5, 5.41) is 14.6. The van der Waals surface area contributed by atoms with Crippen LogP contribution in [-0.4, -0.2) is 92.0 Å². The molecule has 1 atom stereocenters. The van der Waals surface area contributed by atoms with Crippen LogP contribution in [-0.2, 0) is 4.79 Å². The highest BCUT2D eigenvalue weighted by Crippen LogP contribution is 2.37. The summed E-state index contributed by atoms with van der Waals surface area (Å²) in [6.07, 6.45) is 2.27. The number of Topliss-reactive ketones (excluding diaryl/α,β-unsaturated/α-hetero) is 1. The maximum Gasteiger partial charge on any atom is 0.169 e. The first kappa shape index (κ1) is 25.0. The number of ketones is 1. The van der Waals surface area contributed by atoms with Crippen molar-refractivity contribution in [3.05, 3.63) is 35.1 Å². The minimum atomic E-state index is -0.0981. The first-order valence-electron chi connectivity index (χ1n) is 11.4. The zero-order chi connectivity index (χ0) is 23.8. The molecular weight excluding hydrogens is 440 g/mol. The number of thiocarbonyl (C=S) groups is 1. The Bertz CT molecular complexity index is 910. The molecule has 0 aromatic heterocycles. The molecule has 1 fully saturated rings. The molecule has 2 N–H and O–H groups in total.